The lowest BCUT2D eigenvalue weighted by Crippen LogP contribution is -1.88. The maximum atomic E-state index is 8.98. The molecule has 0 saturated carbocycles. The van der Waals surface area contributed by atoms with Crippen LogP contribution in [-0.2, 0) is 0 Å². The largest absolute Gasteiger partial charge is 0.236 e. The van der Waals surface area contributed by atoms with Crippen LogP contribution in [0.3, 0.4) is 0 Å². The summed E-state index contributed by atoms with van der Waals surface area (Å²) in [5.41, 5.74) is 3.14. The Morgan fingerprint density at radius 2 is 1.95 bits per heavy atom. The molecule has 2 aromatic carbocycles. The van der Waals surface area contributed by atoms with E-state index in [1.807, 2.05) is 37.3 Å². The number of hydrogen-bond acceptors (Lipinski definition) is 3. The summed E-state index contributed by atoms with van der Waals surface area (Å²) in [5.74, 6) is -0.0914. The molecule has 0 N–H and O–H groups in total. The van der Waals surface area contributed by atoms with Crippen LogP contribution in [0.15, 0.2) is 48.5 Å². The number of nitrogens with zero attached hydrogens (tertiary/aromatic N) is 2. The molecule has 19 heavy (non-hydrogen) atoms. The molecule has 1 atom stereocenters. The van der Waals surface area contributed by atoms with Gasteiger partial charge in [-0.15, -0.1) is 11.3 Å². The van der Waals surface area contributed by atoms with Crippen LogP contribution in [0.4, 0.5) is 0 Å². The monoisotopic (exact) mass is 264 g/mol. The van der Waals surface area contributed by atoms with E-state index in [2.05, 4.69) is 29.3 Å². The van der Waals surface area contributed by atoms with E-state index in [-0.39, 0.29) is 5.92 Å². The smallest absolute Gasteiger partial charge is 0.124 e. The highest BCUT2D eigenvalue weighted by Crippen LogP contribution is 2.31. The molecule has 0 radical (unpaired) electrons. The molecule has 0 fully saturated rings. The number of aromatic nitrogens is 1. The number of rotatable bonds is 2. The fourth-order valence-corrected chi connectivity index (χ4v) is 2.94. The van der Waals surface area contributed by atoms with Gasteiger partial charge in [0.25, 0.3) is 0 Å². The maximum absolute atomic E-state index is 8.98. The van der Waals surface area contributed by atoms with Gasteiger partial charge in [0.15, 0.2) is 0 Å². The summed E-state index contributed by atoms with van der Waals surface area (Å²) in [5, 5.41) is 10.0. The SMILES string of the molecule is C[C@@H](C#N)c1ccc2sc(-c3ccccc3)nc2c1. The van der Waals surface area contributed by atoms with Crippen LogP contribution >= 0.6 is 11.3 Å². The van der Waals surface area contributed by atoms with Crippen molar-refractivity contribution in [3.63, 3.8) is 0 Å². The zero-order valence-electron chi connectivity index (χ0n) is 10.5. The molecular weight excluding hydrogens is 252 g/mol. The highest BCUT2D eigenvalue weighted by Gasteiger charge is 2.09. The van der Waals surface area contributed by atoms with Crippen molar-refractivity contribution in [3.05, 3.63) is 54.1 Å². The molecule has 3 rings (SSSR count). The predicted molar refractivity (Wildman–Crippen MR) is 79.1 cm³/mol. The molecule has 3 heteroatoms. The van der Waals surface area contributed by atoms with E-state index in [1.54, 1.807) is 11.3 Å². The van der Waals surface area contributed by atoms with Crippen LogP contribution in [0.5, 0.6) is 0 Å². The van der Waals surface area contributed by atoms with Crippen molar-refractivity contribution in [2.75, 3.05) is 0 Å². The summed E-state index contributed by atoms with van der Waals surface area (Å²) < 4.78 is 1.16. The van der Waals surface area contributed by atoms with Crippen molar-refractivity contribution >= 4 is 21.6 Å². The molecule has 0 saturated heterocycles. The fourth-order valence-electron chi connectivity index (χ4n) is 1.99. The van der Waals surface area contributed by atoms with E-state index >= 15 is 0 Å². The van der Waals surface area contributed by atoms with E-state index in [0.29, 0.717) is 0 Å². The molecule has 0 aliphatic heterocycles. The number of nitriles is 1. The third kappa shape index (κ3) is 2.23. The molecule has 0 spiro atoms. The molecule has 0 aliphatic rings. The lowest BCUT2D eigenvalue weighted by atomic mass is 10.0. The predicted octanol–water partition coefficient (Wildman–Crippen LogP) is 4.59. The quantitative estimate of drug-likeness (QED) is 0.678. The van der Waals surface area contributed by atoms with Gasteiger partial charge in [-0.1, -0.05) is 36.4 Å². The van der Waals surface area contributed by atoms with E-state index < -0.39 is 0 Å². The van der Waals surface area contributed by atoms with E-state index in [9.17, 15) is 0 Å². The van der Waals surface area contributed by atoms with E-state index in [0.717, 1.165) is 26.4 Å². The van der Waals surface area contributed by atoms with E-state index in [4.69, 9.17) is 5.26 Å². The second kappa shape index (κ2) is 4.83. The molecule has 0 bridgehead atoms. The molecule has 92 valence electrons. The third-order valence-electron chi connectivity index (χ3n) is 3.13. The minimum atomic E-state index is -0.0914. The molecule has 1 heterocycles. The lowest BCUT2D eigenvalue weighted by Gasteiger charge is -2.00. The van der Waals surface area contributed by atoms with Gasteiger partial charge in [-0.3, -0.25) is 0 Å². The van der Waals surface area contributed by atoms with Crippen LogP contribution < -0.4 is 0 Å². The number of hydrogen-bond donors (Lipinski definition) is 0. The Bertz CT molecular complexity index is 753. The summed E-state index contributed by atoms with van der Waals surface area (Å²) >= 11 is 1.68. The number of fused-ring (bicyclic) bond motifs is 1. The van der Waals surface area contributed by atoms with Crippen LogP contribution in [0.2, 0.25) is 0 Å². The summed E-state index contributed by atoms with van der Waals surface area (Å²) in [6.07, 6.45) is 0. The van der Waals surface area contributed by atoms with Crippen LogP contribution in [-0.4, -0.2) is 4.98 Å². The van der Waals surface area contributed by atoms with Crippen molar-refractivity contribution < 1.29 is 0 Å². The second-order valence-electron chi connectivity index (χ2n) is 4.46. The zero-order chi connectivity index (χ0) is 13.2. The molecule has 0 aliphatic carbocycles. The Morgan fingerprint density at radius 1 is 1.16 bits per heavy atom. The van der Waals surface area contributed by atoms with Crippen LogP contribution in [0.25, 0.3) is 20.8 Å². The molecule has 2 nitrogen and oxygen atoms in total. The van der Waals surface area contributed by atoms with Crippen molar-refractivity contribution in [1.82, 2.24) is 4.98 Å². The normalized spacial score (nSPS) is 12.2. The van der Waals surface area contributed by atoms with Crippen LogP contribution in [0.1, 0.15) is 18.4 Å². The van der Waals surface area contributed by atoms with E-state index in [1.165, 1.54) is 0 Å². The Hall–Kier alpha value is -2.18. The van der Waals surface area contributed by atoms with Crippen LogP contribution in [0, 0.1) is 11.3 Å². The number of benzene rings is 2. The average Bonchev–Trinajstić information content (AvgIpc) is 2.90. The Morgan fingerprint density at radius 3 is 2.68 bits per heavy atom. The first kappa shape index (κ1) is 11.9. The first-order valence-electron chi connectivity index (χ1n) is 6.13. The van der Waals surface area contributed by atoms with Crippen molar-refractivity contribution in [2.45, 2.75) is 12.8 Å². The first-order valence-corrected chi connectivity index (χ1v) is 6.95. The summed E-state index contributed by atoms with van der Waals surface area (Å²) in [4.78, 5) is 4.67. The van der Waals surface area contributed by atoms with Gasteiger partial charge >= 0.3 is 0 Å². The molecular formula is C16H12N2S. The maximum Gasteiger partial charge on any atom is 0.124 e. The molecule has 0 unspecified atom stereocenters. The molecule has 3 aromatic rings. The summed E-state index contributed by atoms with van der Waals surface area (Å²) in [6, 6.07) is 18.5. The highest BCUT2D eigenvalue weighted by atomic mass is 32.1. The van der Waals surface area contributed by atoms with Gasteiger partial charge in [0.05, 0.1) is 22.2 Å². The highest BCUT2D eigenvalue weighted by molar-refractivity contribution is 7.21. The molecule has 1 aromatic heterocycles. The van der Waals surface area contributed by atoms with Gasteiger partial charge in [-0.2, -0.15) is 5.26 Å². The summed E-state index contributed by atoms with van der Waals surface area (Å²) in [6.45, 7) is 1.91. The molecule has 0 amide bonds. The van der Waals surface area contributed by atoms with Gasteiger partial charge in [-0.05, 0) is 24.6 Å². The lowest BCUT2D eigenvalue weighted by molar-refractivity contribution is 0.984. The second-order valence-corrected chi connectivity index (χ2v) is 5.49. The number of thiazole rings is 1. The fraction of sp³-hybridized carbons (Fsp3) is 0.125. The van der Waals surface area contributed by atoms with Gasteiger partial charge in [-0.25, -0.2) is 4.98 Å². The standard InChI is InChI=1S/C16H12N2S/c1-11(10-17)13-7-8-15-14(9-13)18-16(19-15)12-5-3-2-4-6-12/h2-9,11H,1H3/t11-/m0/s1. The first-order chi connectivity index (χ1) is 9.28. The Kier molecular flexibility index (Phi) is 3.02. The van der Waals surface area contributed by atoms with Crippen molar-refractivity contribution in [3.8, 4) is 16.6 Å². The minimum absolute atomic E-state index is 0.0914. The average molecular weight is 264 g/mol. The topological polar surface area (TPSA) is 36.7 Å². The zero-order valence-corrected chi connectivity index (χ0v) is 11.3. The van der Waals surface area contributed by atoms with Crippen molar-refractivity contribution in [1.29, 1.82) is 5.26 Å². The van der Waals surface area contributed by atoms with Gasteiger partial charge in [0.1, 0.15) is 5.01 Å². The van der Waals surface area contributed by atoms with Crippen molar-refractivity contribution in [2.24, 2.45) is 0 Å². The Balaban J connectivity index is 2.09. The summed E-state index contributed by atoms with van der Waals surface area (Å²) in [7, 11) is 0. The van der Waals surface area contributed by atoms with Gasteiger partial charge < -0.3 is 0 Å². The third-order valence-corrected chi connectivity index (χ3v) is 4.21. The van der Waals surface area contributed by atoms with Gasteiger partial charge in [0, 0.05) is 5.56 Å². The minimum Gasteiger partial charge on any atom is -0.236 e. The van der Waals surface area contributed by atoms with Gasteiger partial charge in [0.2, 0.25) is 0 Å². The Labute approximate surface area is 116 Å².